The van der Waals surface area contributed by atoms with Crippen LogP contribution < -0.4 is 10.6 Å². The Hall–Kier alpha value is -2.31. The Morgan fingerprint density at radius 1 is 1.17 bits per heavy atom. The third-order valence-electron chi connectivity index (χ3n) is 2.93. The SMILES string of the molecule is CCNc1ccc(NC(=O)c2cc([N+](=O)[O-])ccc2Cl)cc1.Cl. The molecular formula is C15H15Cl2N3O3. The highest BCUT2D eigenvalue weighted by atomic mass is 35.5. The van der Waals surface area contributed by atoms with E-state index in [9.17, 15) is 14.9 Å². The van der Waals surface area contributed by atoms with Crippen molar-refractivity contribution >= 4 is 47.0 Å². The number of hydrogen-bond donors (Lipinski definition) is 2. The van der Waals surface area contributed by atoms with Gasteiger partial charge in [-0.15, -0.1) is 12.4 Å². The lowest BCUT2D eigenvalue weighted by Crippen LogP contribution is -2.12. The van der Waals surface area contributed by atoms with Crippen LogP contribution in [0.2, 0.25) is 5.02 Å². The molecule has 0 bridgehead atoms. The van der Waals surface area contributed by atoms with Crippen molar-refractivity contribution in [2.45, 2.75) is 6.92 Å². The molecule has 0 aromatic heterocycles. The van der Waals surface area contributed by atoms with E-state index in [1.165, 1.54) is 12.1 Å². The second-order valence-corrected chi connectivity index (χ2v) is 4.89. The first-order valence-corrected chi connectivity index (χ1v) is 6.98. The van der Waals surface area contributed by atoms with Gasteiger partial charge in [-0.05, 0) is 37.3 Å². The molecule has 0 saturated heterocycles. The minimum Gasteiger partial charge on any atom is -0.385 e. The number of rotatable bonds is 5. The molecule has 2 N–H and O–H groups in total. The second kappa shape index (κ2) is 8.36. The summed E-state index contributed by atoms with van der Waals surface area (Å²) in [5.41, 5.74) is 1.40. The molecule has 1 amide bonds. The number of nitro groups is 1. The predicted molar refractivity (Wildman–Crippen MR) is 93.9 cm³/mol. The zero-order valence-corrected chi connectivity index (χ0v) is 13.8. The van der Waals surface area contributed by atoms with Crippen LogP contribution in [0, 0.1) is 10.1 Å². The number of hydrogen-bond acceptors (Lipinski definition) is 4. The third-order valence-corrected chi connectivity index (χ3v) is 3.26. The van der Waals surface area contributed by atoms with Crippen LogP contribution in [0.15, 0.2) is 42.5 Å². The summed E-state index contributed by atoms with van der Waals surface area (Å²) >= 11 is 5.94. The van der Waals surface area contributed by atoms with Crippen molar-refractivity contribution in [2.24, 2.45) is 0 Å². The molecule has 0 saturated carbocycles. The van der Waals surface area contributed by atoms with Gasteiger partial charge in [0, 0.05) is 30.1 Å². The first-order valence-electron chi connectivity index (χ1n) is 6.60. The van der Waals surface area contributed by atoms with Crippen molar-refractivity contribution in [3.63, 3.8) is 0 Å². The number of halogens is 2. The van der Waals surface area contributed by atoms with E-state index >= 15 is 0 Å². The highest BCUT2D eigenvalue weighted by Crippen LogP contribution is 2.23. The maximum absolute atomic E-state index is 12.2. The standard InChI is InChI=1S/C15H14ClN3O3.ClH/c1-2-17-10-3-5-11(6-4-10)18-15(20)13-9-12(19(21)22)7-8-14(13)16;/h3-9,17H,2H2,1H3,(H,18,20);1H. The lowest BCUT2D eigenvalue weighted by molar-refractivity contribution is -0.384. The molecule has 2 aromatic carbocycles. The fourth-order valence-electron chi connectivity index (χ4n) is 1.87. The van der Waals surface area contributed by atoms with Gasteiger partial charge in [-0.25, -0.2) is 0 Å². The third kappa shape index (κ3) is 4.84. The normalized spacial score (nSPS) is 9.65. The largest absolute Gasteiger partial charge is 0.385 e. The van der Waals surface area contributed by atoms with Crippen LogP contribution in [-0.2, 0) is 0 Å². The van der Waals surface area contributed by atoms with E-state index in [0.29, 0.717) is 5.69 Å². The lowest BCUT2D eigenvalue weighted by Gasteiger charge is -2.08. The van der Waals surface area contributed by atoms with Crippen LogP contribution in [0.3, 0.4) is 0 Å². The van der Waals surface area contributed by atoms with E-state index in [1.807, 2.05) is 19.1 Å². The van der Waals surface area contributed by atoms with Crippen LogP contribution in [0.1, 0.15) is 17.3 Å². The first kappa shape index (κ1) is 18.7. The Balaban J connectivity index is 0.00000264. The fourth-order valence-corrected chi connectivity index (χ4v) is 2.08. The number of carbonyl (C=O) groups excluding carboxylic acids is 1. The van der Waals surface area contributed by atoms with E-state index in [4.69, 9.17) is 11.6 Å². The van der Waals surface area contributed by atoms with Gasteiger partial charge in [-0.1, -0.05) is 11.6 Å². The Morgan fingerprint density at radius 2 is 1.78 bits per heavy atom. The number of nitro benzene ring substituents is 1. The molecule has 0 radical (unpaired) electrons. The van der Waals surface area contributed by atoms with Gasteiger partial charge in [0.1, 0.15) is 0 Å². The van der Waals surface area contributed by atoms with Crippen molar-refractivity contribution in [1.29, 1.82) is 0 Å². The van der Waals surface area contributed by atoms with Crippen LogP contribution in [0.4, 0.5) is 17.1 Å². The van der Waals surface area contributed by atoms with Crippen molar-refractivity contribution in [3.05, 3.63) is 63.2 Å². The van der Waals surface area contributed by atoms with Gasteiger partial charge in [0.2, 0.25) is 0 Å². The maximum atomic E-state index is 12.2. The highest BCUT2D eigenvalue weighted by Gasteiger charge is 2.16. The Kier molecular flexibility index (Phi) is 6.81. The summed E-state index contributed by atoms with van der Waals surface area (Å²) in [7, 11) is 0. The molecule has 6 nitrogen and oxygen atoms in total. The summed E-state index contributed by atoms with van der Waals surface area (Å²) in [4.78, 5) is 22.4. The zero-order valence-electron chi connectivity index (χ0n) is 12.2. The molecule has 122 valence electrons. The van der Waals surface area contributed by atoms with Crippen molar-refractivity contribution < 1.29 is 9.72 Å². The molecule has 0 heterocycles. The summed E-state index contributed by atoms with van der Waals surface area (Å²) in [5, 5.41) is 16.7. The quantitative estimate of drug-likeness (QED) is 0.616. The minimum atomic E-state index is -0.571. The Bertz CT molecular complexity index is 706. The number of amides is 1. The average molecular weight is 356 g/mol. The van der Waals surface area contributed by atoms with Crippen molar-refractivity contribution in [3.8, 4) is 0 Å². The molecule has 0 aliphatic rings. The monoisotopic (exact) mass is 355 g/mol. The van der Waals surface area contributed by atoms with Crippen molar-refractivity contribution in [2.75, 3.05) is 17.2 Å². The molecule has 0 aliphatic heterocycles. The van der Waals surface area contributed by atoms with E-state index in [1.54, 1.807) is 12.1 Å². The number of nitrogens with zero attached hydrogens (tertiary/aromatic N) is 1. The number of non-ortho nitro benzene ring substituents is 1. The molecule has 2 rings (SSSR count). The Labute approximate surface area is 144 Å². The molecule has 8 heteroatoms. The average Bonchev–Trinajstić information content (AvgIpc) is 2.49. The van der Waals surface area contributed by atoms with Gasteiger partial charge in [0.15, 0.2) is 0 Å². The predicted octanol–water partition coefficient (Wildman–Crippen LogP) is 4.35. The smallest absolute Gasteiger partial charge is 0.270 e. The minimum absolute atomic E-state index is 0. The Morgan fingerprint density at radius 3 is 2.35 bits per heavy atom. The molecule has 0 aliphatic carbocycles. The van der Waals surface area contributed by atoms with E-state index < -0.39 is 10.8 Å². The number of nitrogens with one attached hydrogen (secondary N) is 2. The zero-order chi connectivity index (χ0) is 16.1. The highest BCUT2D eigenvalue weighted by molar-refractivity contribution is 6.34. The number of benzene rings is 2. The lowest BCUT2D eigenvalue weighted by atomic mass is 10.2. The second-order valence-electron chi connectivity index (χ2n) is 4.48. The molecule has 0 fully saturated rings. The molecule has 0 atom stereocenters. The summed E-state index contributed by atoms with van der Waals surface area (Å²) < 4.78 is 0. The van der Waals surface area contributed by atoms with Crippen LogP contribution in [-0.4, -0.2) is 17.4 Å². The van der Waals surface area contributed by atoms with Gasteiger partial charge in [-0.3, -0.25) is 14.9 Å². The summed E-state index contributed by atoms with van der Waals surface area (Å²) in [6.45, 7) is 2.79. The maximum Gasteiger partial charge on any atom is 0.270 e. The van der Waals surface area contributed by atoms with Gasteiger partial charge >= 0.3 is 0 Å². The summed E-state index contributed by atoms with van der Waals surface area (Å²) in [6, 6.07) is 10.9. The molecular weight excluding hydrogens is 341 g/mol. The van der Waals surface area contributed by atoms with Gasteiger partial charge in [-0.2, -0.15) is 0 Å². The molecule has 0 unspecified atom stereocenters. The molecule has 2 aromatic rings. The van der Waals surface area contributed by atoms with E-state index in [-0.39, 0.29) is 28.7 Å². The van der Waals surface area contributed by atoms with Gasteiger partial charge < -0.3 is 10.6 Å². The summed E-state index contributed by atoms with van der Waals surface area (Å²) in [5.74, 6) is -0.495. The van der Waals surface area contributed by atoms with Gasteiger partial charge in [0.05, 0.1) is 15.5 Å². The summed E-state index contributed by atoms with van der Waals surface area (Å²) in [6.07, 6.45) is 0. The first-order chi connectivity index (χ1) is 10.5. The van der Waals surface area contributed by atoms with Crippen molar-refractivity contribution in [1.82, 2.24) is 0 Å². The number of carbonyl (C=O) groups is 1. The number of anilines is 2. The van der Waals surface area contributed by atoms with E-state index in [2.05, 4.69) is 10.6 Å². The van der Waals surface area contributed by atoms with E-state index in [0.717, 1.165) is 18.3 Å². The fraction of sp³-hybridized carbons (Fsp3) is 0.133. The van der Waals surface area contributed by atoms with Crippen LogP contribution >= 0.6 is 24.0 Å². The topological polar surface area (TPSA) is 84.3 Å². The molecule has 23 heavy (non-hydrogen) atoms. The molecule has 0 spiro atoms. The van der Waals surface area contributed by atoms with Gasteiger partial charge in [0.25, 0.3) is 11.6 Å². The van der Waals surface area contributed by atoms with Crippen LogP contribution in [0.5, 0.6) is 0 Å². The van der Waals surface area contributed by atoms with Crippen LogP contribution in [0.25, 0.3) is 0 Å².